The highest BCUT2D eigenvalue weighted by molar-refractivity contribution is 5.99. The molecule has 5 aromatic rings. The molecule has 0 unspecified atom stereocenters. The summed E-state index contributed by atoms with van der Waals surface area (Å²) in [5.41, 5.74) is 6.87. The predicted molar refractivity (Wildman–Crippen MR) is 150 cm³/mol. The molecule has 0 heterocycles. The van der Waals surface area contributed by atoms with Crippen LogP contribution in [0.25, 0.3) is 21.5 Å². The largest absolute Gasteiger partial charge is 0.0651 e. The molecule has 0 heteroatoms. The number of fused-ring (bicyclic) bond motifs is 2. The van der Waals surface area contributed by atoms with Crippen LogP contribution in [0.15, 0.2) is 97.1 Å². The van der Waals surface area contributed by atoms with Gasteiger partial charge in [-0.1, -0.05) is 80.3 Å². The molecule has 0 saturated carbocycles. The molecular formula is C35H28. The lowest BCUT2D eigenvalue weighted by Gasteiger charge is -2.04. The maximum Gasteiger partial charge on any atom is 0.0255 e. The minimum atomic E-state index is 1.03. The fraction of sp³-hybridized carbons (Fsp3) is 0.143. The fourth-order valence-electron chi connectivity index (χ4n) is 4.31. The zero-order valence-electron chi connectivity index (χ0n) is 20.4. The predicted octanol–water partition coefficient (Wildman–Crippen LogP) is 8.31. The van der Waals surface area contributed by atoms with Crippen LogP contribution in [0.1, 0.15) is 53.6 Å². The highest BCUT2D eigenvalue weighted by Crippen LogP contribution is 2.25. The lowest BCUT2D eigenvalue weighted by Crippen LogP contribution is -1.83. The third kappa shape index (κ3) is 5.46. The number of hydrogen-bond acceptors (Lipinski definition) is 0. The van der Waals surface area contributed by atoms with Crippen molar-refractivity contribution in [2.24, 2.45) is 0 Å². The van der Waals surface area contributed by atoms with Gasteiger partial charge in [-0.2, -0.15) is 0 Å². The molecule has 0 spiro atoms. The molecule has 35 heavy (non-hydrogen) atoms. The average Bonchev–Trinajstić information content (AvgIpc) is 2.90. The van der Waals surface area contributed by atoms with Crippen LogP contribution in [0.4, 0.5) is 0 Å². The van der Waals surface area contributed by atoms with Crippen LogP contribution in [0.5, 0.6) is 0 Å². The van der Waals surface area contributed by atoms with Gasteiger partial charge in [-0.3, -0.25) is 0 Å². The summed E-state index contributed by atoms with van der Waals surface area (Å²) in [6.45, 7) is 4.37. The molecule has 0 N–H and O–H groups in total. The summed E-state index contributed by atoms with van der Waals surface area (Å²) in [5, 5.41) is 4.84. The van der Waals surface area contributed by atoms with Gasteiger partial charge in [0, 0.05) is 22.3 Å². The van der Waals surface area contributed by atoms with E-state index in [0.29, 0.717) is 0 Å². The quantitative estimate of drug-likeness (QED) is 0.192. The van der Waals surface area contributed by atoms with Crippen molar-refractivity contribution in [1.82, 2.24) is 0 Å². The maximum atomic E-state index is 3.33. The third-order valence-electron chi connectivity index (χ3n) is 6.35. The van der Waals surface area contributed by atoms with Gasteiger partial charge in [-0.05, 0) is 106 Å². The van der Waals surface area contributed by atoms with Crippen molar-refractivity contribution in [2.75, 3.05) is 0 Å². The van der Waals surface area contributed by atoms with E-state index in [1.165, 1.54) is 39.1 Å². The Morgan fingerprint density at radius 1 is 0.429 bits per heavy atom. The van der Waals surface area contributed by atoms with Crippen LogP contribution in [0, 0.1) is 23.7 Å². The molecule has 5 rings (SSSR count). The summed E-state index contributed by atoms with van der Waals surface area (Å²) in [6, 6.07) is 34.5. The Balaban J connectivity index is 1.39. The summed E-state index contributed by atoms with van der Waals surface area (Å²) in [5.74, 6) is 13.3. The van der Waals surface area contributed by atoms with Gasteiger partial charge in [-0.25, -0.2) is 0 Å². The van der Waals surface area contributed by atoms with Gasteiger partial charge in [0.1, 0.15) is 0 Å². The highest BCUT2D eigenvalue weighted by atomic mass is 14.0. The molecule has 0 aromatic heterocycles. The Morgan fingerprint density at radius 2 is 0.857 bits per heavy atom. The maximum absolute atomic E-state index is 3.33. The van der Waals surface area contributed by atoms with Crippen molar-refractivity contribution >= 4 is 21.5 Å². The molecule has 0 nitrogen and oxygen atoms in total. The second-order valence-electron chi connectivity index (χ2n) is 8.97. The zero-order valence-corrected chi connectivity index (χ0v) is 20.4. The number of benzene rings is 5. The van der Waals surface area contributed by atoms with E-state index in [1.54, 1.807) is 0 Å². The second-order valence-corrected chi connectivity index (χ2v) is 8.97. The monoisotopic (exact) mass is 448 g/mol. The van der Waals surface area contributed by atoms with Crippen LogP contribution in [0.2, 0.25) is 0 Å². The molecule has 0 saturated heterocycles. The van der Waals surface area contributed by atoms with Crippen molar-refractivity contribution in [1.29, 1.82) is 0 Å². The first-order valence-corrected chi connectivity index (χ1v) is 12.4. The number of aryl methyl sites for hydroxylation is 2. The van der Waals surface area contributed by atoms with Crippen LogP contribution in [0.3, 0.4) is 0 Å². The molecule has 0 atom stereocenters. The summed E-state index contributed by atoms with van der Waals surface area (Å²) in [4.78, 5) is 0. The van der Waals surface area contributed by atoms with Gasteiger partial charge >= 0.3 is 0 Å². The summed E-state index contributed by atoms with van der Waals surface area (Å²) >= 11 is 0. The fourth-order valence-corrected chi connectivity index (χ4v) is 4.31. The Labute approximate surface area is 208 Å². The van der Waals surface area contributed by atoms with Crippen LogP contribution < -0.4 is 0 Å². The van der Waals surface area contributed by atoms with E-state index in [1.807, 2.05) is 0 Å². The van der Waals surface area contributed by atoms with Gasteiger partial charge in [0.25, 0.3) is 0 Å². The first kappa shape index (κ1) is 22.5. The van der Waals surface area contributed by atoms with Crippen molar-refractivity contribution in [3.63, 3.8) is 0 Å². The van der Waals surface area contributed by atoms with E-state index < -0.39 is 0 Å². The van der Waals surface area contributed by atoms with E-state index >= 15 is 0 Å². The molecule has 5 aromatic carbocycles. The molecule has 0 fully saturated rings. The second kappa shape index (κ2) is 10.3. The molecule has 0 bridgehead atoms. The molecule has 0 aliphatic rings. The van der Waals surface area contributed by atoms with E-state index in [0.717, 1.165) is 35.1 Å². The Hall–Kier alpha value is -4.26. The Morgan fingerprint density at radius 3 is 1.31 bits per heavy atom. The van der Waals surface area contributed by atoms with Gasteiger partial charge in [0.2, 0.25) is 0 Å². The van der Waals surface area contributed by atoms with Crippen molar-refractivity contribution in [3.8, 4) is 23.7 Å². The summed E-state index contributed by atoms with van der Waals surface area (Å²) in [6.07, 6.45) is 3.33. The summed E-state index contributed by atoms with van der Waals surface area (Å²) < 4.78 is 0. The van der Waals surface area contributed by atoms with E-state index in [-0.39, 0.29) is 0 Å². The number of rotatable bonds is 3. The lowest BCUT2D eigenvalue weighted by atomic mass is 10.00. The smallest absolute Gasteiger partial charge is 0.0255 e. The molecule has 168 valence electrons. The molecular weight excluding hydrogens is 420 g/mol. The average molecular weight is 449 g/mol. The standard InChI is InChI=1S/C35H28/c1-3-5-27-10-12-29(13-11-27)15-17-31-19-21-33-24-34-22-30(18-20-32(34)25-35(33)23-31)16-14-28-8-6-26(4-2)7-9-28/h6-13,18-25H,3-5H2,1-2H3. The van der Waals surface area contributed by atoms with Crippen molar-refractivity contribution in [2.45, 2.75) is 33.1 Å². The van der Waals surface area contributed by atoms with Gasteiger partial charge in [0.05, 0.1) is 0 Å². The Bertz CT molecular complexity index is 1610. The molecule has 0 aliphatic carbocycles. The minimum Gasteiger partial charge on any atom is -0.0651 e. The van der Waals surface area contributed by atoms with Crippen LogP contribution in [-0.2, 0) is 12.8 Å². The topological polar surface area (TPSA) is 0 Å². The number of hydrogen-bond donors (Lipinski definition) is 0. The van der Waals surface area contributed by atoms with Gasteiger partial charge in [-0.15, -0.1) is 0 Å². The van der Waals surface area contributed by atoms with E-state index in [2.05, 4.69) is 135 Å². The molecule has 0 radical (unpaired) electrons. The lowest BCUT2D eigenvalue weighted by molar-refractivity contribution is 0.922. The van der Waals surface area contributed by atoms with Crippen molar-refractivity contribution in [3.05, 3.63) is 130 Å². The zero-order chi connectivity index (χ0) is 24.0. The minimum absolute atomic E-state index is 1.03. The SMILES string of the molecule is CCCc1ccc(C#Cc2ccc3cc4cc(C#Cc5ccc(CC)cc5)ccc4cc3c2)cc1. The Kier molecular flexibility index (Phi) is 6.66. The van der Waals surface area contributed by atoms with E-state index in [9.17, 15) is 0 Å². The normalized spacial score (nSPS) is 10.5. The highest BCUT2D eigenvalue weighted by Gasteiger charge is 2.01. The van der Waals surface area contributed by atoms with Crippen LogP contribution >= 0.6 is 0 Å². The van der Waals surface area contributed by atoms with E-state index in [4.69, 9.17) is 0 Å². The first-order valence-electron chi connectivity index (χ1n) is 12.4. The van der Waals surface area contributed by atoms with Crippen molar-refractivity contribution < 1.29 is 0 Å². The van der Waals surface area contributed by atoms with Gasteiger partial charge < -0.3 is 0 Å². The first-order chi connectivity index (χ1) is 17.2. The van der Waals surface area contributed by atoms with Gasteiger partial charge in [0.15, 0.2) is 0 Å². The van der Waals surface area contributed by atoms with Crippen LogP contribution in [-0.4, -0.2) is 0 Å². The third-order valence-corrected chi connectivity index (χ3v) is 6.35. The molecule has 0 aliphatic heterocycles. The summed E-state index contributed by atoms with van der Waals surface area (Å²) in [7, 11) is 0. The molecule has 0 amide bonds.